The summed E-state index contributed by atoms with van der Waals surface area (Å²) in [6, 6.07) is 8.60. The molecule has 2 heterocycles. The van der Waals surface area contributed by atoms with Gasteiger partial charge in [-0.1, -0.05) is 23.7 Å². The highest BCUT2D eigenvalue weighted by Crippen LogP contribution is 2.31. The van der Waals surface area contributed by atoms with Crippen LogP contribution in [0.25, 0.3) is 16.9 Å². The van der Waals surface area contributed by atoms with Crippen LogP contribution in [0, 0.1) is 12.7 Å². The van der Waals surface area contributed by atoms with Crippen molar-refractivity contribution < 1.29 is 4.39 Å². The number of halogens is 2. The normalized spacial score (nSPS) is 11.1. The molecule has 0 amide bonds. The molecule has 0 saturated heterocycles. The molecule has 0 unspecified atom stereocenters. The molecule has 0 bridgehead atoms. The number of aryl methyl sites for hydroxylation is 1. The molecule has 0 aliphatic heterocycles. The molecule has 0 aliphatic rings. The lowest BCUT2D eigenvalue weighted by Gasteiger charge is -2.02. The van der Waals surface area contributed by atoms with Crippen molar-refractivity contribution in [3.05, 3.63) is 52.9 Å². The number of fused-ring (bicyclic) bond motifs is 1. The minimum absolute atomic E-state index is 0.0608. The van der Waals surface area contributed by atoms with Gasteiger partial charge in [0.05, 0.1) is 5.02 Å². The molecule has 2 N–H and O–H groups in total. The first-order valence-electron chi connectivity index (χ1n) is 5.77. The quantitative estimate of drug-likeness (QED) is 0.736. The van der Waals surface area contributed by atoms with Gasteiger partial charge in [0.2, 0.25) is 0 Å². The lowest BCUT2D eigenvalue weighted by molar-refractivity contribution is 0.631. The summed E-state index contributed by atoms with van der Waals surface area (Å²) in [5.41, 5.74) is 8.47. The maximum atomic E-state index is 14.1. The summed E-state index contributed by atoms with van der Waals surface area (Å²) in [5, 5.41) is 0.0608. The van der Waals surface area contributed by atoms with Gasteiger partial charge in [0.25, 0.3) is 0 Å². The lowest BCUT2D eigenvalue weighted by atomic mass is 10.1. The summed E-state index contributed by atoms with van der Waals surface area (Å²) in [4.78, 5) is 4.42. The zero-order valence-electron chi connectivity index (χ0n) is 10.2. The molecule has 3 rings (SSSR count). The monoisotopic (exact) mass is 275 g/mol. The summed E-state index contributed by atoms with van der Waals surface area (Å²) in [7, 11) is 0. The average molecular weight is 276 g/mol. The standard InChI is InChI=1S/C14H11ClFN3/c1-8-4-3-7-19-13(17)12(18-14(8)19)9-5-2-6-10(15)11(9)16/h2-7H,17H2,1H3. The Hall–Kier alpha value is -2.07. The van der Waals surface area contributed by atoms with E-state index in [9.17, 15) is 4.39 Å². The largest absolute Gasteiger partial charge is 0.383 e. The van der Waals surface area contributed by atoms with Crippen LogP contribution in [-0.4, -0.2) is 9.38 Å². The molecular formula is C14H11ClFN3. The third-order valence-corrected chi connectivity index (χ3v) is 3.38. The van der Waals surface area contributed by atoms with Crippen molar-refractivity contribution in [2.45, 2.75) is 6.92 Å². The van der Waals surface area contributed by atoms with Gasteiger partial charge in [-0.25, -0.2) is 9.37 Å². The highest BCUT2D eigenvalue weighted by atomic mass is 35.5. The SMILES string of the molecule is Cc1cccn2c(N)c(-c3cccc(Cl)c3F)nc12. The second-order valence-electron chi connectivity index (χ2n) is 4.33. The molecule has 3 nitrogen and oxygen atoms in total. The van der Waals surface area contributed by atoms with Crippen LogP contribution in [0.15, 0.2) is 36.5 Å². The Bertz CT molecular complexity index is 780. The first-order chi connectivity index (χ1) is 9.09. The Balaban J connectivity index is 2.35. The summed E-state index contributed by atoms with van der Waals surface area (Å²) in [6.07, 6.45) is 1.80. The third kappa shape index (κ3) is 1.76. The number of anilines is 1. The minimum Gasteiger partial charge on any atom is -0.383 e. The Morgan fingerprint density at radius 2 is 2.05 bits per heavy atom. The van der Waals surface area contributed by atoms with Crippen LogP contribution in [0.1, 0.15) is 5.56 Å². The van der Waals surface area contributed by atoms with Crippen LogP contribution in [0.3, 0.4) is 0 Å². The van der Waals surface area contributed by atoms with Crippen LogP contribution in [-0.2, 0) is 0 Å². The van der Waals surface area contributed by atoms with Crippen molar-refractivity contribution in [3.8, 4) is 11.3 Å². The van der Waals surface area contributed by atoms with Gasteiger partial charge >= 0.3 is 0 Å². The highest BCUT2D eigenvalue weighted by molar-refractivity contribution is 6.31. The summed E-state index contributed by atoms with van der Waals surface area (Å²) < 4.78 is 15.8. The maximum Gasteiger partial charge on any atom is 0.151 e. The molecule has 19 heavy (non-hydrogen) atoms. The van der Waals surface area contributed by atoms with Gasteiger partial charge in [0.1, 0.15) is 17.2 Å². The van der Waals surface area contributed by atoms with Crippen LogP contribution in [0.2, 0.25) is 5.02 Å². The fraction of sp³-hybridized carbons (Fsp3) is 0.0714. The zero-order chi connectivity index (χ0) is 13.6. The van der Waals surface area contributed by atoms with Gasteiger partial charge in [0, 0.05) is 11.8 Å². The number of nitrogens with zero attached hydrogens (tertiary/aromatic N) is 2. The van der Waals surface area contributed by atoms with E-state index in [0.29, 0.717) is 17.1 Å². The molecule has 0 saturated carbocycles. The molecule has 0 atom stereocenters. The average Bonchev–Trinajstić information content (AvgIpc) is 2.72. The molecule has 0 fully saturated rings. The number of imidazole rings is 1. The van der Waals surface area contributed by atoms with Crippen molar-refractivity contribution in [1.29, 1.82) is 0 Å². The molecule has 0 spiro atoms. The molecule has 96 valence electrons. The van der Waals surface area contributed by atoms with Crippen LogP contribution in [0.4, 0.5) is 10.2 Å². The van der Waals surface area contributed by atoms with E-state index in [1.807, 2.05) is 19.1 Å². The van der Waals surface area contributed by atoms with E-state index in [4.69, 9.17) is 17.3 Å². The minimum atomic E-state index is -0.503. The number of hydrogen-bond acceptors (Lipinski definition) is 2. The second-order valence-corrected chi connectivity index (χ2v) is 4.74. The lowest BCUT2D eigenvalue weighted by Crippen LogP contribution is -1.95. The van der Waals surface area contributed by atoms with Crippen LogP contribution in [0.5, 0.6) is 0 Å². The molecule has 0 radical (unpaired) electrons. The maximum absolute atomic E-state index is 14.1. The number of hydrogen-bond donors (Lipinski definition) is 1. The van der Waals surface area contributed by atoms with Crippen LogP contribution >= 0.6 is 11.6 Å². The number of benzene rings is 1. The van der Waals surface area contributed by atoms with Crippen LogP contribution < -0.4 is 5.73 Å². The molecule has 0 aliphatic carbocycles. The van der Waals surface area contributed by atoms with Gasteiger partial charge in [-0.05, 0) is 30.7 Å². The van der Waals surface area contributed by atoms with Gasteiger partial charge in [0.15, 0.2) is 5.82 Å². The van der Waals surface area contributed by atoms with E-state index in [2.05, 4.69) is 4.98 Å². The number of aromatic nitrogens is 2. The van der Waals surface area contributed by atoms with Gasteiger partial charge in [-0.3, -0.25) is 4.40 Å². The fourth-order valence-electron chi connectivity index (χ4n) is 2.11. The number of nitrogens with two attached hydrogens (primary N) is 1. The first-order valence-corrected chi connectivity index (χ1v) is 6.15. The molecule has 3 aromatic rings. The van der Waals surface area contributed by atoms with Crippen molar-refractivity contribution in [2.24, 2.45) is 0 Å². The van der Waals surface area contributed by atoms with Gasteiger partial charge in [-0.2, -0.15) is 0 Å². The molecular weight excluding hydrogens is 265 g/mol. The zero-order valence-corrected chi connectivity index (χ0v) is 10.9. The molecule has 5 heteroatoms. The topological polar surface area (TPSA) is 43.3 Å². The van der Waals surface area contributed by atoms with Crippen molar-refractivity contribution in [3.63, 3.8) is 0 Å². The van der Waals surface area contributed by atoms with E-state index in [1.165, 1.54) is 6.07 Å². The fourth-order valence-corrected chi connectivity index (χ4v) is 2.28. The van der Waals surface area contributed by atoms with Crippen molar-refractivity contribution in [2.75, 3.05) is 5.73 Å². The Morgan fingerprint density at radius 1 is 1.26 bits per heavy atom. The van der Waals surface area contributed by atoms with E-state index in [1.54, 1.807) is 22.7 Å². The number of rotatable bonds is 1. The predicted molar refractivity (Wildman–Crippen MR) is 74.7 cm³/mol. The summed E-state index contributed by atoms with van der Waals surface area (Å²) >= 11 is 5.80. The van der Waals surface area contributed by atoms with Crippen molar-refractivity contribution >= 4 is 23.1 Å². The Labute approximate surface area is 114 Å². The van der Waals surface area contributed by atoms with E-state index in [0.717, 1.165) is 11.2 Å². The second kappa shape index (κ2) is 4.24. The summed E-state index contributed by atoms with van der Waals surface area (Å²) in [6.45, 7) is 1.93. The number of nitrogen functional groups attached to an aromatic ring is 1. The Morgan fingerprint density at radius 3 is 2.79 bits per heavy atom. The van der Waals surface area contributed by atoms with E-state index in [-0.39, 0.29) is 5.02 Å². The highest BCUT2D eigenvalue weighted by Gasteiger charge is 2.17. The summed E-state index contributed by atoms with van der Waals surface area (Å²) in [5.74, 6) is -0.100. The molecule has 1 aromatic carbocycles. The molecule has 2 aromatic heterocycles. The smallest absolute Gasteiger partial charge is 0.151 e. The van der Waals surface area contributed by atoms with E-state index < -0.39 is 5.82 Å². The first kappa shape index (κ1) is 12.0. The van der Waals surface area contributed by atoms with Gasteiger partial charge < -0.3 is 5.73 Å². The van der Waals surface area contributed by atoms with Gasteiger partial charge in [-0.15, -0.1) is 0 Å². The van der Waals surface area contributed by atoms with E-state index >= 15 is 0 Å². The Kier molecular flexibility index (Phi) is 2.68. The third-order valence-electron chi connectivity index (χ3n) is 3.09. The number of pyridine rings is 1. The van der Waals surface area contributed by atoms with Crippen molar-refractivity contribution in [1.82, 2.24) is 9.38 Å². The predicted octanol–water partition coefficient (Wildman–Crippen LogP) is 3.68.